The summed E-state index contributed by atoms with van der Waals surface area (Å²) in [5.74, 6) is 1.26. The third kappa shape index (κ3) is 2.17. The second kappa shape index (κ2) is 4.99. The fourth-order valence-corrected chi connectivity index (χ4v) is 2.65. The molecule has 2 aromatic carbocycles. The lowest BCUT2D eigenvalue weighted by atomic mass is 10.2. The molecule has 19 heavy (non-hydrogen) atoms. The highest BCUT2D eigenvalue weighted by atomic mass is 79.9. The molecule has 0 radical (unpaired) electrons. The number of nitrogens with zero attached hydrogens (tertiary/aromatic N) is 2. The average Bonchev–Trinajstić information content (AvgIpc) is 2.80. The van der Waals surface area contributed by atoms with Crippen LogP contribution in [0.25, 0.3) is 16.7 Å². The molecule has 0 unspecified atom stereocenters. The Bertz CT molecular complexity index is 749. The van der Waals surface area contributed by atoms with E-state index in [-0.39, 0.29) is 0 Å². The molecule has 0 aliphatic carbocycles. The Morgan fingerprint density at radius 1 is 1.21 bits per heavy atom. The Balaban J connectivity index is 2.31. The molecule has 0 fully saturated rings. The number of hydrogen-bond donors (Lipinski definition) is 0. The highest BCUT2D eigenvalue weighted by molar-refractivity contribution is 9.10. The van der Waals surface area contributed by atoms with Crippen molar-refractivity contribution in [3.8, 4) is 5.69 Å². The van der Waals surface area contributed by atoms with Gasteiger partial charge in [0.1, 0.15) is 5.82 Å². The van der Waals surface area contributed by atoms with Crippen molar-refractivity contribution in [2.75, 3.05) is 0 Å². The molecule has 0 N–H and O–H groups in total. The zero-order chi connectivity index (χ0) is 13.4. The van der Waals surface area contributed by atoms with Crippen LogP contribution >= 0.6 is 27.5 Å². The molecule has 0 atom stereocenters. The van der Waals surface area contributed by atoms with E-state index in [9.17, 15) is 0 Å². The van der Waals surface area contributed by atoms with Gasteiger partial charge in [0.15, 0.2) is 0 Å². The van der Waals surface area contributed by atoms with Crippen LogP contribution < -0.4 is 0 Å². The van der Waals surface area contributed by atoms with Crippen LogP contribution in [0.1, 0.15) is 11.4 Å². The Morgan fingerprint density at radius 3 is 2.74 bits per heavy atom. The lowest BCUT2D eigenvalue weighted by molar-refractivity contribution is 0.979. The number of para-hydroxylation sites is 2. The Labute approximate surface area is 125 Å². The molecule has 0 aliphatic rings. The van der Waals surface area contributed by atoms with E-state index in [0.717, 1.165) is 27.0 Å². The maximum atomic E-state index is 6.03. The van der Waals surface area contributed by atoms with E-state index in [1.165, 1.54) is 5.56 Å². The third-order valence-corrected chi connectivity index (χ3v) is 4.28. The molecule has 0 saturated heterocycles. The van der Waals surface area contributed by atoms with E-state index < -0.39 is 0 Å². The summed E-state index contributed by atoms with van der Waals surface area (Å²) in [4.78, 5) is 4.58. The topological polar surface area (TPSA) is 17.8 Å². The summed E-state index contributed by atoms with van der Waals surface area (Å²) in [6.07, 6.45) is 0. The molecular weight excluding hydrogens is 324 g/mol. The lowest BCUT2D eigenvalue weighted by Gasteiger charge is -2.09. The van der Waals surface area contributed by atoms with Gasteiger partial charge in [-0.25, -0.2) is 4.98 Å². The van der Waals surface area contributed by atoms with E-state index >= 15 is 0 Å². The van der Waals surface area contributed by atoms with Crippen LogP contribution in [0.2, 0.25) is 0 Å². The first-order valence-electron chi connectivity index (χ1n) is 5.99. The number of aryl methyl sites for hydroxylation is 1. The van der Waals surface area contributed by atoms with Crippen molar-refractivity contribution in [1.29, 1.82) is 0 Å². The summed E-state index contributed by atoms with van der Waals surface area (Å²) in [6.45, 7) is 2.08. The fourth-order valence-electron chi connectivity index (χ4n) is 2.22. The minimum Gasteiger partial charge on any atom is -0.295 e. The van der Waals surface area contributed by atoms with Crippen LogP contribution in [0.3, 0.4) is 0 Å². The summed E-state index contributed by atoms with van der Waals surface area (Å²) in [7, 11) is 0. The Kier molecular flexibility index (Phi) is 3.33. The van der Waals surface area contributed by atoms with Gasteiger partial charge in [-0.1, -0.05) is 28.1 Å². The second-order valence-electron chi connectivity index (χ2n) is 4.42. The van der Waals surface area contributed by atoms with E-state index in [1.807, 2.05) is 18.2 Å². The molecule has 0 saturated carbocycles. The molecule has 0 amide bonds. The van der Waals surface area contributed by atoms with Gasteiger partial charge in [-0.2, -0.15) is 0 Å². The largest absolute Gasteiger partial charge is 0.295 e. The maximum Gasteiger partial charge on any atom is 0.129 e. The van der Waals surface area contributed by atoms with Crippen molar-refractivity contribution in [3.05, 3.63) is 58.3 Å². The second-order valence-corrected chi connectivity index (χ2v) is 5.54. The van der Waals surface area contributed by atoms with Gasteiger partial charge in [0.25, 0.3) is 0 Å². The minimum atomic E-state index is 0.393. The molecule has 96 valence electrons. The average molecular weight is 336 g/mol. The van der Waals surface area contributed by atoms with Crippen molar-refractivity contribution in [2.24, 2.45) is 0 Å². The van der Waals surface area contributed by atoms with E-state index in [0.29, 0.717) is 5.88 Å². The van der Waals surface area contributed by atoms with Crippen LogP contribution in [-0.4, -0.2) is 9.55 Å². The van der Waals surface area contributed by atoms with Crippen LogP contribution in [0.15, 0.2) is 46.9 Å². The molecule has 0 spiro atoms. The highest BCUT2D eigenvalue weighted by Gasteiger charge is 2.11. The number of aromatic nitrogens is 2. The first-order chi connectivity index (χ1) is 9.20. The quantitative estimate of drug-likeness (QED) is 0.613. The molecule has 0 aliphatic heterocycles. The maximum absolute atomic E-state index is 6.03. The van der Waals surface area contributed by atoms with Crippen LogP contribution in [-0.2, 0) is 5.88 Å². The number of hydrogen-bond acceptors (Lipinski definition) is 1. The molecule has 4 heteroatoms. The summed E-state index contributed by atoms with van der Waals surface area (Å²) in [5, 5.41) is 0. The molecule has 0 bridgehead atoms. The van der Waals surface area contributed by atoms with Gasteiger partial charge in [-0.05, 0) is 42.8 Å². The normalized spacial score (nSPS) is 11.1. The van der Waals surface area contributed by atoms with Crippen molar-refractivity contribution in [1.82, 2.24) is 9.55 Å². The van der Waals surface area contributed by atoms with E-state index in [1.54, 1.807) is 0 Å². The van der Waals surface area contributed by atoms with Gasteiger partial charge in [0.2, 0.25) is 0 Å². The van der Waals surface area contributed by atoms with Gasteiger partial charge < -0.3 is 0 Å². The standard InChI is InChI=1S/C15H12BrClN2/c1-10-8-11(6-7-12(10)16)19-14-5-3-2-4-13(14)18-15(19)9-17/h2-8H,9H2,1H3. The molecule has 1 aromatic heterocycles. The number of imidazole rings is 1. The third-order valence-electron chi connectivity index (χ3n) is 3.15. The van der Waals surface area contributed by atoms with Gasteiger partial charge in [0, 0.05) is 10.2 Å². The highest BCUT2D eigenvalue weighted by Crippen LogP contribution is 2.25. The van der Waals surface area contributed by atoms with E-state index in [2.05, 4.69) is 56.7 Å². The van der Waals surface area contributed by atoms with Gasteiger partial charge >= 0.3 is 0 Å². The predicted molar refractivity (Wildman–Crippen MR) is 83.1 cm³/mol. The smallest absolute Gasteiger partial charge is 0.129 e. The SMILES string of the molecule is Cc1cc(-n2c(CCl)nc3ccccc32)ccc1Br. The van der Waals surface area contributed by atoms with Crippen LogP contribution in [0.4, 0.5) is 0 Å². The summed E-state index contributed by atoms with van der Waals surface area (Å²) >= 11 is 9.56. The van der Waals surface area contributed by atoms with Crippen molar-refractivity contribution >= 4 is 38.6 Å². The monoisotopic (exact) mass is 334 g/mol. The zero-order valence-corrected chi connectivity index (χ0v) is 12.7. The summed E-state index contributed by atoms with van der Waals surface area (Å²) in [5.41, 5.74) is 4.33. The first-order valence-corrected chi connectivity index (χ1v) is 7.32. The molecule has 3 aromatic rings. The Hall–Kier alpha value is -1.32. The fraction of sp³-hybridized carbons (Fsp3) is 0.133. The first kappa shape index (κ1) is 12.7. The van der Waals surface area contributed by atoms with E-state index in [4.69, 9.17) is 11.6 Å². The molecule has 1 heterocycles. The van der Waals surface area contributed by atoms with Crippen molar-refractivity contribution in [3.63, 3.8) is 0 Å². The number of halogens is 2. The minimum absolute atomic E-state index is 0.393. The van der Waals surface area contributed by atoms with Gasteiger partial charge in [0.05, 0.1) is 16.9 Å². The van der Waals surface area contributed by atoms with Crippen LogP contribution in [0.5, 0.6) is 0 Å². The molecular formula is C15H12BrClN2. The molecule has 2 nitrogen and oxygen atoms in total. The predicted octanol–water partition coefficient (Wildman–Crippen LogP) is 4.84. The van der Waals surface area contributed by atoms with Crippen LogP contribution in [0, 0.1) is 6.92 Å². The molecule has 3 rings (SSSR count). The zero-order valence-electron chi connectivity index (χ0n) is 10.4. The van der Waals surface area contributed by atoms with Crippen molar-refractivity contribution in [2.45, 2.75) is 12.8 Å². The number of fused-ring (bicyclic) bond motifs is 1. The Morgan fingerprint density at radius 2 is 2.00 bits per heavy atom. The number of alkyl halides is 1. The lowest BCUT2D eigenvalue weighted by Crippen LogP contribution is -1.99. The summed E-state index contributed by atoms with van der Waals surface area (Å²) < 4.78 is 3.22. The number of benzene rings is 2. The van der Waals surface area contributed by atoms with Crippen molar-refractivity contribution < 1.29 is 0 Å². The summed E-state index contributed by atoms with van der Waals surface area (Å²) in [6, 6.07) is 14.3. The van der Waals surface area contributed by atoms with Gasteiger partial charge in [-0.3, -0.25) is 4.57 Å². The number of rotatable bonds is 2. The van der Waals surface area contributed by atoms with Gasteiger partial charge in [-0.15, -0.1) is 11.6 Å².